The predicted molar refractivity (Wildman–Crippen MR) is 27.5 cm³/mol. The molecule has 1 N–H and O–H groups in total. The molecule has 0 heterocycles. The summed E-state index contributed by atoms with van der Waals surface area (Å²) in [5.41, 5.74) is 0. The summed E-state index contributed by atoms with van der Waals surface area (Å²) in [6.45, 7) is 4.43. The third kappa shape index (κ3) is 3.30. The Kier molecular flexibility index (Phi) is 5.33. The van der Waals surface area contributed by atoms with Gasteiger partial charge < -0.3 is 0 Å². The van der Waals surface area contributed by atoms with Gasteiger partial charge in [-0.1, -0.05) is 0 Å². The van der Waals surface area contributed by atoms with Gasteiger partial charge in [0.2, 0.25) is 0 Å². The average molecular weight is 267 g/mol. The molecule has 7 heavy (non-hydrogen) atoms. The summed E-state index contributed by atoms with van der Waals surface area (Å²) in [5, 5.41) is 0. The molecule has 0 fully saturated rings. The maximum atomic E-state index is 3.31. The molecule has 0 bridgehead atoms. The van der Waals surface area contributed by atoms with Crippen LogP contribution in [0.25, 0.3) is 0 Å². The van der Waals surface area contributed by atoms with Crippen LogP contribution in [0.2, 0.25) is 0 Å². The standard InChI is InChI=1S/C5H12N.Ta/c1-3-5(6)4-2;/h5-6H,3-4H2,1-2H3;/q-1;+1. The van der Waals surface area contributed by atoms with Gasteiger partial charge in [0.25, 0.3) is 0 Å². The summed E-state index contributed by atoms with van der Waals surface area (Å²) in [4.78, 5) is 0. The van der Waals surface area contributed by atoms with Crippen LogP contribution in [0.3, 0.4) is 0 Å². The van der Waals surface area contributed by atoms with Gasteiger partial charge in [-0.15, -0.1) is 0 Å². The second-order valence-electron chi connectivity index (χ2n) is 1.64. The van der Waals surface area contributed by atoms with Crippen LogP contribution in [0, 0.1) is 0 Å². The van der Waals surface area contributed by atoms with Crippen LogP contribution in [0.15, 0.2) is 0 Å². The van der Waals surface area contributed by atoms with Crippen molar-refractivity contribution >= 4 is 0 Å². The summed E-state index contributed by atoms with van der Waals surface area (Å²) in [6, 6.07) is 0.785. The number of nitrogens with one attached hydrogen (secondary N) is 1. The van der Waals surface area contributed by atoms with E-state index in [0.717, 1.165) is 6.04 Å². The zero-order valence-electron chi connectivity index (χ0n) is 4.94. The van der Waals surface area contributed by atoms with Gasteiger partial charge in [-0.25, -0.2) is 0 Å². The Bertz CT molecular complexity index is 29.6. The molecule has 0 aromatic rings. The van der Waals surface area contributed by atoms with Crippen molar-refractivity contribution in [3.63, 3.8) is 0 Å². The third-order valence-corrected chi connectivity index (χ3v) is 2.48. The zero-order valence-corrected chi connectivity index (χ0v) is 8.15. The van der Waals surface area contributed by atoms with E-state index in [1.165, 1.54) is 34.2 Å². The molecule has 0 aromatic carbocycles. The monoisotopic (exact) mass is 267 g/mol. The zero-order chi connectivity index (χ0) is 5.70. The van der Waals surface area contributed by atoms with Gasteiger partial charge in [0.05, 0.1) is 0 Å². The van der Waals surface area contributed by atoms with Crippen molar-refractivity contribution in [3.8, 4) is 0 Å². The van der Waals surface area contributed by atoms with E-state index >= 15 is 0 Å². The SMILES string of the molecule is CCC(CC)[NH][Ta]. The molecule has 2 heteroatoms. The second kappa shape index (κ2) is 4.85. The molecule has 0 saturated heterocycles. The minimum absolute atomic E-state index is 0.785. The molecule has 0 spiro atoms. The van der Waals surface area contributed by atoms with E-state index in [1.807, 2.05) is 0 Å². The van der Waals surface area contributed by atoms with Crippen LogP contribution in [-0.4, -0.2) is 6.04 Å². The van der Waals surface area contributed by atoms with Crippen molar-refractivity contribution in [2.75, 3.05) is 0 Å². The first-order chi connectivity index (χ1) is 3.35. The van der Waals surface area contributed by atoms with Gasteiger partial charge in [0.15, 0.2) is 0 Å². The van der Waals surface area contributed by atoms with Gasteiger partial charge in [-0.2, -0.15) is 0 Å². The van der Waals surface area contributed by atoms with E-state index in [1.54, 1.807) is 0 Å². The van der Waals surface area contributed by atoms with E-state index in [4.69, 9.17) is 0 Å². The van der Waals surface area contributed by atoms with E-state index < -0.39 is 0 Å². The van der Waals surface area contributed by atoms with Crippen LogP contribution < -0.4 is 3.72 Å². The fourth-order valence-corrected chi connectivity index (χ4v) is 1.78. The molecule has 42 valence electrons. The van der Waals surface area contributed by atoms with E-state index in [0.29, 0.717) is 0 Å². The summed E-state index contributed by atoms with van der Waals surface area (Å²) in [5.74, 6) is 0. The van der Waals surface area contributed by atoms with Gasteiger partial charge >= 0.3 is 57.8 Å². The topological polar surface area (TPSA) is 12.0 Å². The molecule has 1 nitrogen and oxygen atoms in total. The van der Waals surface area contributed by atoms with Gasteiger partial charge in [0.1, 0.15) is 0 Å². The van der Waals surface area contributed by atoms with Crippen LogP contribution in [-0.2, 0) is 21.3 Å². The Morgan fingerprint density at radius 2 is 1.86 bits per heavy atom. The molecule has 0 aliphatic carbocycles. The van der Waals surface area contributed by atoms with Crippen molar-refractivity contribution < 1.29 is 21.3 Å². The summed E-state index contributed by atoms with van der Waals surface area (Å²) in [6.07, 6.45) is 2.54. The Labute approximate surface area is 58.1 Å². The van der Waals surface area contributed by atoms with Gasteiger partial charge in [0, 0.05) is 0 Å². The summed E-state index contributed by atoms with van der Waals surface area (Å²) in [7, 11) is 0. The molecule has 0 unspecified atom stereocenters. The molecule has 0 saturated carbocycles. The molecule has 0 atom stereocenters. The van der Waals surface area contributed by atoms with E-state index in [9.17, 15) is 0 Å². The van der Waals surface area contributed by atoms with Crippen molar-refractivity contribution in [1.82, 2.24) is 3.72 Å². The Morgan fingerprint density at radius 3 is 1.86 bits per heavy atom. The van der Waals surface area contributed by atoms with Crippen LogP contribution in [0.4, 0.5) is 0 Å². The third-order valence-electron chi connectivity index (χ3n) is 1.17. The van der Waals surface area contributed by atoms with Crippen molar-refractivity contribution in [2.24, 2.45) is 0 Å². The van der Waals surface area contributed by atoms with Crippen LogP contribution >= 0.6 is 0 Å². The van der Waals surface area contributed by atoms with Crippen LogP contribution in [0.1, 0.15) is 26.7 Å². The second-order valence-corrected chi connectivity index (χ2v) is 2.57. The number of hydrogen-bond acceptors (Lipinski definition) is 1. The fraction of sp³-hybridized carbons (Fsp3) is 1.00. The van der Waals surface area contributed by atoms with Crippen molar-refractivity contribution in [1.29, 1.82) is 0 Å². The molecular weight excluding hydrogens is 255 g/mol. The van der Waals surface area contributed by atoms with Crippen molar-refractivity contribution in [3.05, 3.63) is 0 Å². The van der Waals surface area contributed by atoms with Crippen LogP contribution in [0.5, 0.6) is 0 Å². The fourth-order valence-electron chi connectivity index (χ4n) is 0.471. The van der Waals surface area contributed by atoms with E-state index in [-0.39, 0.29) is 0 Å². The number of rotatable bonds is 3. The number of hydrogen-bond donors (Lipinski definition) is 1. The molecular formula is C5H12NTa. The first kappa shape index (κ1) is 7.70. The molecule has 0 aliphatic rings. The Morgan fingerprint density at radius 1 is 1.43 bits per heavy atom. The summed E-state index contributed by atoms with van der Waals surface area (Å²) >= 11 is 1.32. The normalized spacial score (nSPS) is 10.1. The first-order valence-corrected chi connectivity index (χ1v) is 4.35. The Hall–Kier alpha value is 0.700. The summed E-state index contributed by atoms with van der Waals surface area (Å²) < 4.78 is 3.31. The Balaban J connectivity index is 2.99. The molecule has 0 amide bonds. The minimum atomic E-state index is 0.785. The molecule has 0 aliphatic heterocycles. The first-order valence-electron chi connectivity index (χ1n) is 2.74. The van der Waals surface area contributed by atoms with Gasteiger partial charge in [-0.05, 0) is 0 Å². The van der Waals surface area contributed by atoms with Gasteiger partial charge in [-0.3, -0.25) is 0 Å². The molecule has 0 aromatic heterocycles. The molecule has 0 rings (SSSR count). The molecule has 0 radical (unpaired) electrons. The predicted octanol–water partition coefficient (Wildman–Crippen LogP) is 1.23. The van der Waals surface area contributed by atoms with E-state index in [2.05, 4.69) is 17.6 Å². The van der Waals surface area contributed by atoms with Crippen molar-refractivity contribution in [2.45, 2.75) is 32.7 Å². The maximum absolute atomic E-state index is 3.31. The quantitative estimate of drug-likeness (QED) is 0.811. The average Bonchev–Trinajstić information content (AvgIpc) is 1.72.